The normalized spacial score (nSPS) is 26.5. The molecule has 1 saturated carbocycles. The number of hydrogen-bond donors (Lipinski definition) is 1. The number of rotatable bonds is 3. The van der Waals surface area contributed by atoms with Gasteiger partial charge in [0.2, 0.25) is 0 Å². The average molecular weight is 205 g/mol. The molecule has 2 rings (SSSR count). The molecule has 1 aromatic rings. The van der Waals surface area contributed by atoms with Crippen molar-refractivity contribution in [3.63, 3.8) is 0 Å². The Hall–Kier alpha value is -0.960. The fourth-order valence-corrected chi connectivity index (χ4v) is 2.66. The van der Waals surface area contributed by atoms with Crippen LogP contribution in [0.25, 0.3) is 0 Å². The smallest absolute Gasteiger partial charge is 0.115 e. The minimum Gasteiger partial charge on any atom is -0.319 e. The number of nitrogens with one attached hydrogen (secondary N) is 1. The second-order valence-corrected chi connectivity index (χ2v) is 4.38. The molecule has 3 nitrogen and oxygen atoms in total. The fourth-order valence-electron chi connectivity index (χ4n) is 2.66. The highest BCUT2D eigenvalue weighted by molar-refractivity contribution is 5.12. The van der Waals surface area contributed by atoms with E-state index in [0.29, 0.717) is 5.92 Å². The van der Waals surface area contributed by atoms with E-state index in [-0.39, 0.29) is 0 Å². The van der Waals surface area contributed by atoms with Crippen LogP contribution in [0.15, 0.2) is 18.7 Å². The molecule has 1 fully saturated rings. The molecule has 1 heterocycles. The predicted molar refractivity (Wildman–Crippen MR) is 60.7 cm³/mol. The summed E-state index contributed by atoms with van der Waals surface area (Å²) in [4.78, 5) is 8.25. The first-order valence-corrected chi connectivity index (χ1v) is 5.81. The molecular formula is C12H19N3. The molecule has 0 amide bonds. The summed E-state index contributed by atoms with van der Waals surface area (Å²) in [6.45, 7) is 1.11. The van der Waals surface area contributed by atoms with E-state index >= 15 is 0 Å². The zero-order valence-corrected chi connectivity index (χ0v) is 9.32. The fraction of sp³-hybridized carbons (Fsp3) is 0.667. The lowest BCUT2D eigenvalue weighted by Gasteiger charge is -2.31. The SMILES string of the molecule is CNCC1CCCCC1c1cncnc1. The van der Waals surface area contributed by atoms with Crippen molar-refractivity contribution in [3.05, 3.63) is 24.3 Å². The van der Waals surface area contributed by atoms with Gasteiger partial charge in [-0.15, -0.1) is 0 Å². The third-order valence-corrected chi connectivity index (χ3v) is 3.38. The maximum absolute atomic E-state index is 4.12. The highest BCUT2D eigenvalue weighted by Gasteiger charge is 2.25. The van der Waals surface area contributed by atoms with E-state index in [1.807, 2.05) is 19.4 Å². The van der Waals surface area contributed by atoms with Crippen molar-refractivity contribution in [1.82, 2.24) is 15.3 Å². The molecule has 0 bridgehead atoms. The molecule has 1 aliphatic carbocycles. The minimum atomic E-state index is 0.660. The van der Waals surface area contributed by atoms with Gasteiger partial charge in [-0.05, 0) is 43.8 Å². The summed E-state index contributed by atoms with van der Waals surface area (Å²) in [7, 11) is 2.03. The maximum Gasteiger partial charge on any atom is 0.115 e. The molecule has 1 N–H and O–H groups in total. The van der Waals surface area contributed by atoms with Crippen LogP contribution in [0.3, 0.4) is 0 Å². The van der Waals surface area contributed by atoms with Crippen molar-refractivity contribution in [1.29, 1.82) is 0 Å². The van der Waals surface area contributed by atoms with Gasteiger partial charge >= 0.3 is 0 Å². The summed E-state index contributed by atoms with van der Waals surface area (Å²) in [6, 6.07) is 0. The van der Waals surface area contributed by atoms with Crippen molar-refractivity contribution in [2.24, 2.45) is 5.92 Å². The molecule has 0 saturated heterocycles. The summed E-state index contributed by atoms with van der Waals surface area (Å²) >= 11 is 0. The average Bonchev–Trinajstić information content (AvgIpc) is 2.31. The second kappa shape index (κ2) is 5.21. The van der Waals surface area contributed by atoms with Gasteiger partial charge in [0.25, 0.3) is 0 Å². The molecule has 3 heteroatoms. The van der Waals surface area contributed by atoms with Gasteiger partial charge in [-0.3, -0.25) is 0 Å². The van der Waals surface area contributed by atoms with Crippen LogP contribution in [0, 0.1) is 5.92 Å². The van der Waals surface area contributed by atoms with Crippen molar-refractivity contribution < 1.29 is 0 Å². The summed E-state index contributed by atoms with van der Waals surface area (Å²) in [5, 5.41) is 3.30. The Morgan fingerprint density at radius 3 is 2.73 bits per heavy atom. The van der Waals surface area contributed by atoms with Crippen molar-refractivity contribution in [2.45, 2.75) is 31.6 Å². The Morgan fingerprint density at radius 2 is 2.00 bits per heavy atom. The highest BCUT2D eigenvalue weighted by Crippen LogP contribution is 2.36. The van der Waals surface area contributed by atoms with E-state index in [1.165, 1.54) is 31.2 Å². The largest absolute Gasteiger partial charge is 0.319 e. The zero-order chi connectivity index (χ0) is 10.5. The molecule has 0 radical (unpaired) electrons. The van der Waals surface area contributed by atoms with Gasteiger partial charge in [-0.1, -0.05) is 12.8 Å². The van der Waals surface area contributed by atoms with Crippen LogP contribution in [0.4, 0.5) is 0 Å². The summed E-state index contributed by atoms with van der Waals surface area (Å²) in [5.74, 6) is 1.42. The minimum absolute atomic E-state index is 0.660. The van der Waals surface area contributed by atoms with Crippen LogP contribution < -0.4 is 5.32 Å². The van der Waals surface area contributed by atoms with E-state index in [0.717, 1.165) is 12.5 Å². The predicted octanol–water partition coefficient (Wildman–Crippen LogP) is 1.97. The Balaban J connectivity index is 2.11. The molecule has 0 aliphatic heterocycles. The van der Waals surface area contributed by atoms with Crippen LogP contribution in [-0.4, -0.2) is 23.6 Å². The van der Waals surface area contributed by atoms with Crippen molar-refractivity contribution in [2.75, 3.05) is 13.6 Å². The topological polar surface area (TPSA) is 37.8 Å². The van der Waals surface area contributed by atoms with Crippen LogP contribution >= 0.6 is 0 Å². The van der Waals surface area contributed by atoms with Gasteiger partial charge in [0.15, 0.2) is 0 Å². The van der Waals surface area contributed by atoms with Crippen molar-refractivity contribution >= 4 is 0 Å². The summed E-state index contributed by atoms with van der Waals surface area (Å²) < 4.78 is 0. The lowest BCUT2D eigenvalue weighted by Crippen LogP contribution is -2.27. The molecule has 2 unspecified atom stereocenters. The van der Waals surface area contributed by atoms with Crippen LogP contribution in [0.2, 0.25) is 0 Å². The third-order valence-electron chi connectivity index (χ3n) is 3.38. The molecule has 0 aromatic carbocycles. The number of hydrogen-bond acceptors (Lipinski definition) is 3. The van der Waals surface area contributed by atoms with Gasteiger partial charge in [-0.2, -0.15) is 0 Å². The quantitative estimate of drug-likeness (QED) is 0.819. The van der Waals surface area contributed by atoms with Crippen LogP contribution in [-0.2, 0) is 0 Å². The lowest BCUT2D eigenvalue weighted by atomic mass is 9.76. The third kappa shape index (κ3) is 2.53. The summed E-state index contributed by atoms with van der Waals surface area (Å²) in [6.07, 6.45) is 10.9. The second-order valence-electron chi connectivity index (χ2n) is 4.38. The first-order chi connectivity index (χ1) is 7.42. The first kappa shape index (κ1) is 10.6. The van der Waals surface area contributed by atoms with Crippen LogP contribution in [0.1, 0.15) is 37.2 Å². The molecule has 0 spiro atoms. The van der Waals surface area contributed by atoms with Gasteiger partial charge in [0.1, 0.15) is 6.33 Å². The van der Waals surface area contributed by atoms with Crippen molar-refractivity contribution in [3.8, 4) is 0 Å². The molecule has 15 heavy (non-hydrogen) atoms. The molecule has 1 aromatic heterocycles. The lowest BCUT2D eigenvalue weighted by molar-refractivity contribution is 0.300. The monoisotopic (exact) mass is 205 g/mol. The number of nitrogens with zero attached hydrogens (tertiary/aromatic N) is 2. The summed E-state index contributed by atoms with van der Waals surface area (Å²) in [5.41, 5.74) is 1.32. The van der Waals surface area contributed by atoms with Crippen LogP contribution in [0.5, 0.6) is 0 Å². The van der Waals surface area contributed by atoms with Gasteiger partial charge in [-0.25, -0.2) is 9.97 Å². The van der Waals surface area contributed by atoms with E-state index < -0.39 is 0 Å². The Kier molecular flexibility index (Phi) is 3.67. The Bertz CT molecular complexity index is 284. The first-order valence-electron chi connectivity index (χ1n) is 5.81. The van der Waals surface area contributed by atoms with Gasteiger partial charge < -0.3 is 5.32 Å². The Morgan fingerprint density at radius 1 is 1.27 bits per heavy atom. The highest BCUT2D eigenvalue weighted by atomic mass is 14.8. The number of aromatic nitrogens is 2. The molecular weight excluding hydrogens is 186 g/mol. The van der Waals surface area contributed by atoms with Gasteiger partial charge in [0, 0.05) is 12.4 Å². The van der Waals surface area contributed by atoms with E-state index in [2.05, 4.69) is 15.3 Å². The van der Waals surface area contributed by atoms with E-state index in [4.69, 9.17) is 0 Å². The zero-order valence-electron chi connectivity index (χ0n) is 9.32. The van der Waals surface area contributed by atoms with E-state index in [9.17, 15) is 0 Å². The maximum atomic E-state index is 4.12. The van der Waals surface area contributed by atoms with Gasteiger partial charge in [0.05, 0.1) is 0 Å². The van der Waals surface area contributed by atoms with E-state index in [1.54, 1.807) is 6.33 Å². The molecule has 2 atom stereocenters. The molecule has 82 valence electrons. The standard InChI is InChI=1S/C12H19N3/c1-13-6-10-4-2-3-5-12(10)11-7-14-9-15-8-11/h7-10,12-13H,2-6H2,1H3. The molecule has 1 aliphatic rings. The Labute approximate surface area is 91.3 Å².